The van der Waals surface area contributed by atoms with E-state index in [1.54, 1.807) is 36.4 Å². The molecule has 0 radical (unpaired) electrons. The minimum atomic E-state index is -0.348. The van der Waals surface area contributed by atoms with Crippen molar-refractivity contribution in [1.29, 1.82) is 0 Å². The van der Waals surface area contributed by atoms with Gasteiger partial charge in [0.15, 0.2) is 0 Å². The lowest BCUT2D eigenvalue weighted by atomic mass is 10.1. The van der Waals surface area contributed by atoms with E-state index in [0.29, 0.717) is 28.7 Å². The normalized spacial score (nSPS) is 10.6. The fourth-order valence-corrected chi connectivity index (χ4v) is 2.85. The molecule has 0 bridgehead atoms. The number of amides is 2. The minimum Gasteiger partial charge on any atom is -0.352 e. The third-order valence-electron chi connectivity index (χ3n) is 4.34. The van der Waals surface area contributed by atoms with Crippen LogP contribution in [0.3, 0.4) is 0 Å². The highest BCUT2D eigenvalue weighted by Crippen LogP contribution is 2.12. The zero-order valence-electron chi connectivity index (χ0n) is 15.9. The maximum Gasteiger partial charge on any atom is 0.261 e. The van der Waals surface area contributed by atoms with Crippen molar-refractivity contribution in [2.45, 2.75) is 26.8 Å². The molecule has 0 aliphatic rings. The van der Waals surface area contributed by atoms with E-state index in [1.165, 1.54) is 10.9 Å². The number of hydrogen-bond acceptors (Lipinski definition) is 4. The molecular weight excluding hydrogens is 356 g/mol. The van der Waals surface area contributed by atoms with E-state index in [4.69, 9.17) is 0 Å². The zero-order valence-corrected chi connectivity index (χ0v) is 15.9. The molecule has 0 saturated heterocycles. The Labute approximate surface area is 162 Å². The van der Waals surface area contributed by atoms with Crippen LogP contribution in [-0.4, -0.2) is 27.9 Å². The van der Waals surface area contributed by atoms with Crippen LogP contribution < -0.4 is 16.2 Å². The second-order valence-corrected chi connectivity index (χ2v) is 6.53. The molecule has 7 nitrogen and oxygen atoms in total. The first-order valence-electron chi connectivity index (χ1n) is 9.12. The molecule has 0 spiro atoms. The number of benzene rings is 2. The van der Waals surface area contributed by atoms with Gasteiger partial charge in [-0.3, -0.25) is 19.0 Å². The summed E-state index contributed by atoms with van der Waals surface area (Å²) in [7, 11) is 0. The van der Waals surface area contributed by atoms with Crippen molar-refractivity contribution in [1.82, 2.24) is 14.9 Å². The fourth-order valence-electron chi connectivity index (χ4n) is 2.85. The lowest BCUT2D eigenvalue weighted by molar-refractivity contribution is -0.116. The van der Waals surface area contributed by atoms with E-state index in [2.05, 4.69) is 15.6 Å². The molecule has 1 heterocycles. The molecule has 3 aromatic rings. The van der Waals surface area contributed by atoms with Gasteiger partial charge < -0.3 is 10.6 Å². The van der Waals surface area contributed by atoms with E-state index in [-0.39, 0.29) is 23.9 Å². The fraction of sp³-hybridized carbons (Fsp3) is 0.238. The number of nitrogens with one attached hydrogen (secondary N) is 2. The summed E-state index contributed by atoms with van der Waals surface area (Å²) in [5, 5.41) is 6.01. The van der Waals surface area contributed by atoms with Gasteiger partial charge in [0.25, 0.3) is 11.5 Å². The first-order chi connectivity index (χ1) is 13.5. The summed E-state index contributed by atoms with van der Waals surface area (Å²) < 4.78 is 1.28. The summed E-state index contributed by atoms with van der Waals surface area (Å²) in [5.41, 5.74) is 2.37. The molecule has 2 aromatic carbocycles. The van der Waals surface area contributed by atoms with Crippen LogP contribution >= 0.6 is 0 Å². The zero-order chi connectivity index (χ0) is 20.1. The Balaban J connectivity index is 1.69. The second-order valence-electron chi connectivity index (χ2n) is 6.53. The van der Waals surface area contributed by atoms with Crippen LogP contribution in [0.4, 0.5) is 5.69 Å². The summed E-state index contributed by atoms with van der Waals surface area (Å²) in [6, 6.07) is 12.0. The van der Waals surface area contributed by atoms with Crippen LogP contribution in [-0.2, 0) is 11.3 Å². The van der Waals surface area contributed by atoms with E-state index in [1.807, 2.05) is 19.9 Å². The third-order valence-corrected chi connectivity index (χ3v) is 4.34. The summed E-state index contributed by atoms with van der Waals surface area (Å²) >= 11 is 0. The van der Waals surface area contributed by atoms with E-state index < -0.39 is 0 Å². The summed E-state index contributed by atoms with van der Waals surface area (Å²) in [6.45, 7) is 4.34. The first kappa shape index (κ1) is 19.3. The number of carbonyl (C=O) groups excluding carboxylic acids is 2. The highest BCUT2D eigenvalue weighted by Gasteiger charge is 2.10. The van der Waals surface area contributed by atoms with Crippen LogP contribution in [0.15, 0.2) is 53.6 Å². The van der Waals surface area contributed by atoms with Crippen LogP contribution in [0.2, 0.25) is 0 Å². The Morgan fingerprint density at radius 2 is 1.86 bits per heavy atom. The smallest absolute Gasteiger partial charge is 0.261 e. The molecule has 3 rings (SSSR count). The van der Waals surface area contributed by atoms with Gasteiger partial charge >= 0.3 is 0 Å². The average molecular weight is 378 g/mol. The second kappa shape index (κ2) is 8.47. The molecule has 144 valence electrons. The Morgan fingerprint density at radius 3 is 2.57 bits per heavy atom. The van der Waals surface area contributed by atoms with Crippen molar-refractivity contribution in [2.24, 2.45) is 0 Å². The maximum atomic E-state index is 12.6. The van der Waals surface area contributed by atoms with Gasteiger partial charge in [-0.25, -0.2) is 4.98 Å². The van der Waals surface area contributed by atoms with Crippen molar-refractivity contribution in [3.63, 3.8) is 0 Å². The van der Waals surface area contributed by atoms with Gasteiger partial charge in [0, 0.05) is 17.8 Å². The van der Waals surface area contributed by atoms with Gasteiger partial charge in [-0.2, -0.15) is 0 Å². The quantitative estimate of drug-likeness (QED) is 0.689. The number of rotatable bonds is 6. The molecule has 2 amide bonds. The molecule has 0 fully saturated rings. The van der Waals surface area contributed by atoms with Crippen LogP contribution in [0.5, 0.6) is 0 Å². The number of fused-ring (bicyclic) bond motifs is 1. The lowest BCUT2D eigenvalue weighted by Gasteiger charge is -2.09. The standard InChI is InChI=1S/C21H22N4O3/c1-3-11-22-20(27)15-7-9-16(10-8-15)24-18(26)12-25-13-23-19-14(2)5-4-6-17(19)21(25)28/h4-10,13H,3,11-12H2,1-2H3,(H,22,27)(H,24,26). The van der Waals surface area contributed by atoms with Crippen molar-refractivity contribution >= 4 is 28.4 Å². The SMILES string of the molecule is CCCNC(=O)c1ccc(NC(=O)Cn2cnc3c(C)cccc3c2=O)cc1. The van der Waals surface area contributed by atoms with Gasteiger partial charge in [-0.05, 0) is 49.2 Å². The van der Waals surface area contributed by atoms with E-state index in [0.717, 1.165) is 12.0 Å². The Bertz CT molecular complexity index is 1070. The summed E-state index contributed by atoms with van der Waals surface area (Å²) in [6.07, 6.45) is 2.25. The van der Waals surface area contributed by atoms with Gasteiger partial charge in [0.2, 0.25) is 5.91 Å². The number of para-hydroxylation sites is 1. The molecule has 0 unspecified atom stereocenters. The maximum absolute atomic E-state index is 12.6. The van der Waals surface area contributed by atoms with Crippen molar-refractivity contribution in [3.05, 3.63) is 70.3 Å². The molecule has 0 saturated carbocycles. The van der Waals surface area contributed by atoms with Crippen molar-refractivity contribution in [2.75, 3.05) is 11.9 Å². The molecule has 0 aliphatic carbocycles. The van der Waals surface area contributed by atoms with E-state index in [9.17, 15) is 14.4 Å². The first-order valence-corrected chi connectivity index (χ1v) is 9.12. The molecular formula is C21H22N4O3. The van der Waals surface area contributed by atoms with E-state index >= 15 is 0 Å². The molecule has 7 heteroatoms. The van der Waals surface area contributed by atoms with Crippen LogP contribution in [0.25, 0.3) is 10.9 Å². The molecule has 0 atom stereocenters. The van der Waals surface area contributed by atoms with Crippen molar-refractivity contribution < 1.29 is 9.59 Å². The topological polar surface area (TPSA) is 93.1 Å². The highest BCUT2D eigenvalue weighted by atomic mass is 16.2. The monoisotopic (exact) mass is 378 g/mol. The Hall–Kier alpha value is -3.48. The predicted octanol–water partition coefficient (Wildman–Crippen LogP) is 2.48. The van der Waals surface area contributed by atoms with Gasteiger partial charge in [-0.1, -0.05) is 19.1 Å². The number of hydrogen-bond donors (Lipinski definition) is 2. The number of nitrogens with zero attached hydrogens (tertiary/aromatic N) is 2. The number of aromatic nitrogens is 2. The molecule has 0 aliphatic heterocycles. The molecule has 2 N–H and O–H groups in total. The third kappa shape index (κ3) is 4.25. The predicted molar refractivity (Wildman–Crippen MR) is 108 cm³/mol. The summed E-state index contributed by atoms with van der Waals surface area (Å²) in [4.78, 5) is 41.1. The minimum absolute atomic E-state index is 0.144. The molecule has 28 heavy (non-hydrogen) atoms. The van der Waals surface area contributed by atoms with Gasteiger partial charge in [0.1, 0.15) is 6.54 Å². The Kier molecular flexibility index (Phi) is 5.84. The highest BCUT2D eigenvalue weighted by molar-refractivity contribution is 5.95. The van der Waals surface area contributed by atoms with Crippen LogP contribution in [0, 0.1) is 6.92 Å². The number of anilines is 1. The average Bonchev–Trinajstić information content (AvgIpc) is 2.69. The summed E-state index contributed by atoms with van der Waals surface area (Å²) in [5.74, 6) is -0.497. The number of aryl methyl sites for hydroxylation is 1. The van der Waals surface area contributed by atoms with Crippen LogP contribution in [0.1, 0.15) is 29.3 Å². The lowest BCUT2D eigenvalue weighted by Crippen LogP contribution is -2.28. The Morgan fingerprint density at radius 1 is 1.11 bits per heavy atom. The van der Waals surface area contributed by atoms with Gasteiger partial charge in [0.05, 0.1) is 17.2 Å². The number of carbonyl (C=O) groups is 2. The van der Waals surface area contributed by atoms with Gasteiger partial charge in [-0.15, -0.1) is 0 Å². The largest absolute Gasteiger partial charge is 0.352 e. The van der Waals surface area contributed by atoms with Crippen molar-refractivity contribution in [3.8, 4) is 0 Å². The molecule has 1 aromatic heterocycles.